The standard InChI is InChI=1S/C52H91O9P/c1-3-5-7-9-11-13-15-17-19-21-23-24-25-27-29-31-33-35-37-39-41-43-45-58-48-51(49-60-62(56,57)59-47-50(54)46-53)61-52(55)44-42-40-38-36-34-32-30-28-26-22-20-18-16-14-12-10-8-6-4-2/h5,7,11,13,17-20,23-24,27,29,33,35,50-51,53-54H,3-4,6,8-10,12,14-16,21-22,25-26,28,30-32,34,36-49H2,1-2H3,(H,56,57)/b7-5-,13-11-,19-17-,20-18-,24-23-,29-27-,35-33-. The second kappa shape index (κ2) is 48.1. The van der Waals surface area contributed by atoms with Crippen LogP contribution in [-0.2, 0) is 27.9 Å². The van der Waals surface area contributed by atoms with Gasteiger partial charge in [0.25, 0.3) is 0 Å². The zero-order valence-corrected chi connectivity index (χ0v) is 40.2. The maximum absolute atomic E-state index is 12.7. The van der Waals surface area contributed by atoms with Gasteiger partial charge in [0, 0.05) is 13.0 Å². The summed E-state index contributed by atoms with van der Waals surface area (Å²) in [5, 5.41) is 18.4. The molecule has 0 bridgehead atoms. The van der Waals surface area contributed by atoms with Crippen molar-refractivity contribution in [2.45, 2.75) is 206 Å². The molecule has 0 aliphatic rings. The molecule has 0 aliphatic heterocycles. The molecule has 3 unspecified atom stereocenters. The van der Waals surface area contributed by atoms with E-state index >= 15 is 0 Å². The van der Waals surface area contributed by atoms with Gasteiger partial charge in [0.1, 0.15) is 12.2 Å². The van der Waals surface area contributed by atoms with E-state index in [0.29, 0.717) is 6.61 Å². The van der Waals surface area contributed by atoms with E-state index in [1.807, 2.05) is 0 Å². The Kier molecular flexibility index (Phi) is 46.3. The average molecular weight is 891 g/mol. The van der Waals surface area contributed by atoms with Gasteiger partial charge in [-0.3, -0.25) is 13.8 Å². The number of carbonyl (C=O) groups excluding carboxylic acids is 1. The molecule has 0 radical (unpaired) electrons. The van der Waals surface area contributed by atoms with Crippen LogP contribution in [-0.4, -0.2) is 66.3 Å². The Morgan fingerprint density at radius 2 is 0.919 bits per heavy atom. The van der Waals surface area contributed by atoms with Gasteiger partial charge in [0.2, 0.25) is 0 Å². The largest absolute Gasteiger partial charge is 0.472 e. The van der Waals surface area contributed by atoms with Crippen molar-refractivity contribution in [1.82, 2.24) is 0 Å². The van der Waals surface area contributed by atoms with Crippen molar-refractivity contribution in [3.8, 4) is 0 Å². The highest BCUT2D eigenvalue weighted by molar-refractivity contribution is 7.47. The van der Waals surface area contributed by atoms with Crippen LogP contribution < -0.4 is 0 Å². The maximum atomic E-state index is 12.7. The Morgan fingerprint density at radius 3 is 1.40 bits per heavy atom. The van der Waals surface area contributed by atoms with Gasteiger partial charge in [0.05, 0.1) is 26.4 Å². The number of rotatable bonds is 46. The molecule has 10 heteroatoms. The fourth-order valence-corrected chi connectivity index (χ4v) is 7.14. The molecule has 0 spiro atoms. The summed E-state index contributed by atoms with van der Waals surface area (Å²) in [6.45, 7) is 3.31. The molecule has 0 saturated heterocycles. The summed E-state index contributed by atoms with van der Waals surface area (Å²) in [7, 11) is -4.54. The number of hydrogen-bond acceptors (Lipinski definition) is 8. The highest BCUT2D eigenvalue weighted by atomic mass is 31.2. The van der Waals surface area contributed by atoms with E-state index in [0.717, 1.165) is 89.9 Å². The number of hydrogen-bond donors (Lipinski definition) is 3. The van der Waals surface area contributed by atoms with Gasteiger partial charge in [-0.2, -0.15) is 0 Å². The molecule has 9 nitrogen and oxygen atoms in total. The Bertz CT molecular complexity index is 1240. The zero-order chi connectivity index (χ0) is 45.3. The van der Waals surface area contributed by atoms with Crippen LogP contribution in [0.4, 0.5) is 0 Å². The third-order valence-corrected chi connectivity index (χ3v) is 11.0. The second-order valence-electron chi connectivity index (χ2n) is 16.1. The summed E-state index contributed by atoms with van der Waals surface area (Å²) in [5.74, 6) is -0.399. The van der Waals surface area contributed by atoms with Crippen LogP contribution in [0.5, 0.6) is 0 Å². The van der Waals surface area contributed by atoms with Crippen LogP contribution in [0.15, 0.2) is 85.1 Å². The number of allylic oxidation sites excluding steroid dienone is 14. The number of esters is 1. The molecule has 0 aliphatic carbocycles. The van der Waals surface area contributed by atoms with Crippen LogP contribution in [0, 0.1) is 0 Å². The molecule has 3 atom stereocenters. The van der Waals surface area contributed by atoms with E-state index in [1.165, 1.54) is 83.5 Å². The van der Waals surface area contributed by atoms with Gasteiger partial charge >= 0.3 is 13.8 Å². The average Bonchev–Trinajstić information content (AvgIpc) is 3.26. The second-order valence-corrected chi connectivity index (χ2v) is 17.5. The molecular formula is C52H91O9P. The third kappa shape index (κ3) is 47.1. The minimum Gasteiger partial charge on any atom is -0.457 e. The zero-order valence-electron chi connectivity index (χ0n) is 39.3. The molecule has 0 heterocycles. The first-order chi connectivity index (χ1) is 30.3. The van der Waals surface area contributed by atoms with E-state index in [2.05, 4.69) is 98.9 Å². The predicted octanol–water partition coefficient (Wildman–Crippen LogP) is 14.3. The number of aliphatic hydroxyl groups is 2. The molecule has 0 rings (SSSR count). The summed E-state index contributed by atoms with van der Waals surface area (Å²) in [6.07, 6.45) is 59.7. The monoisotopic (exact) mass is 891 g/mol. The Balaban J connectivity index is 4.20. The van der Waals surface area contributed by atoms with Crippen LogP contribution >= 0.6 is 7.82 Å². The quantitative estimate of drug-likeness (QED) is 0.0236. The highest BCUT2D eigenvalue weighted by Crippen LogP contribution is 2.43. The van der Waals surface area contributed by atoms with Gasteiger partial charge in [0.15, 0.2) is 0 Å². The molecule has 3 N–H and O–H groups in total. The number of ether oxygens (including phenoxy) is 2. The Labute approximate surface area is 379 Å². The van der Waals surface area contributed by atoms with Crippen molar-refractivity contribution in [3.63, 3.8) is 0 Å². The SMILES string of the molecule is CC/C=C\C/C=C\C/C=C\C/C=C\C/C=C\C/C=C\CCCCCOCC(COP(=O)(O)OCC(O)CO)OC(=O)CCCCCCCCCCC/C=C\CCCCCCCC. The Hall–Kier alpha value is -2.36. The van der Waals surface area contributed by atoms with Gasteiger partial charge in [-0.1, -0.05) is 182 Å². The summed E-state index contributed by atoms with van der Waals surface area (Å²) < 4.78 is 33.4. The summed E-state index contributed by atoms with van der Waals surface area (Å²) >= 11 is 0. The van der Waals surface area contributed by atoms with Crippen molar-refractivity contribution in [2.75, 3.05) is 33.0 Å². The van der Waals surface area contributed by atoms with E-state index in [9.17, 15) is 19.4 Å². The fourth-order valence-electron chi connectivity index (χ4n) is 6.35. The van der Waals surface area contributed by atoms with Gasteiger partial charge < -0.3 is 24.6 Å². The molecule has 0 fully saturated rings. The maximum Gasteiger partial charge on any atom is 0.472 e. The number of unbranched alkanes of at least 4 members (excludes halogenated alkanes) is 18. The van der Waals surface area contributed by atoms with Crippen molar-refractivity contribution in [3.05, 3.63) is 85.1 Å². The molecule has 0 aromatic rings. The molecule has 62 heavy (non-hydrogen) atoms. The lowest BCUT2D eigenvalue weighted by atomic mass is 10.1. The van der Waals surface area contributed by atoms with E-state index in [-0.39, 0.29) is 13.0 Å². The number of aliphatic hydroxyl groups excluding tert-OH is 2. The lowest BCUT2D eigenvalue weighted by Crippen LogP contribution is -2.29. The normalized spacial score (nSPS) is 14.6. The van der Waals surface area contributed by atoms with Crippen molar-refractivity contribution in [2.24, 2.45) is 0 Å². The smallest absolute Gasteiger partial charge is 0.457 e. The van der Waals surface area contributed by atoms with Crippen LogP contribution in [0.2, 0.25) is 0 Å². The van der Waals surface area contributed by atoms with Crippen LogP contribution in [0.1, 0.15) is 194 Å². The van der Waals surface area contributed by atoms with E-state index < -0.39 is 45.8 Å². The first-order valence-corrected chi connectivity index (χ1v) is 26.1. The highest BCUT2D eigenvalue weighted by Gasteiger charge is 2.26. The molecule has 0 saturated carbocycles. The minimum absolute atomic E-state index is 0.0215. The number of carbonyl (C=O) groups is 1. The first kappa shape index (κ1) is 59.6. The van der Waals surface area contributed by atoms with Crippen LogP contribution in [0.25, 0.3) is 0 Å². The van der Waals surface area contributed by atoms with Crippen molar-refractivity contribution in [1.29, 1.82) is 0 Å². The molecular weight excluding hydrogens is 800 g/mol. The number of phosphoric ester groups is 1. The Morgan fingerprint density at radius 1 is 0.516 bits per heavy atom. The van der Waals surface area contributed by atoms with Gasteiger partial charge in [-0.15, -0.1) is 0 Å². The fraction of sp³-hybridized carbons (Fsp3) is 0.712. The molecule has 358 valence electrons. The third-order valence-electron chi connectivity index (χ3n) is 10.1. The summed E-state index contributed by atoms with van der Waals surface area (Å²) in [4.78, 5) is 22.7. The van der Waals surface area contributed by atoms with E-state index in [1.54, 1.807) is 0 Å². The van der Waals surface area contributed by atoms with Crippen molar-refractivity contribution >= 4 is 13.8 Å². The lowest BCUT2D eigenvalue weighted by Gasteiger charge is -2.20. The van der Waals surface area contributed by atoms with E-state index in [4.69, 9.17) is 23.6 Å². The lowest BCUT2D eigenvalue weighted by molar-refractivity contribution is -0.154. The molecule has 0 aromatic carbocycles. The first-order valence-electron chi connectivity index (χ1n) is 24.6. The summed E-state index contributed by atoms with van der Waals surface area (Å²) in [5.41, 5.74) is 0. The predicted molar refractivity (Wildman–Crippen MR) is 260 cm³/mol. The van der Waals surface area contributed by atoms with Crippen LogP contribution in [0.3, 0.4) is 0 Å². The topological polar surface area (TPSA) is 132 Å². The van der Waals surface area contributed by atoms with Crippen molar-refractivity contribution < 1.29 is 43.0 Å². The minimum atomic E-state index is -4.54. The number of phosphoric acid groups is 1. The van der Waals surface area contributed by atoms with Gasteiger partial charge in [-0.25, -0.2) is 4.57 Å². The molecule has 0 amide bonds. The molecule has 0 aromatic heterocycles. The summed E-state index contributed by atoms with van der Waals surface area (Å²) in [6, 6.07) is 0. The van der Waals surface area contributed by atoms with Gasteiger partial charge in [-0.05, 0) is 89.9 Å².